The van der Waals surface area contributed by atoms with Crippen molar-refractivity contribution in [2.75, 3.05) is 26.2 Å². The second-order valence-electron chi connectivity index (χ2n) is 5.80. The fourth-order valence-electron chi connectivity index (χ4n) is 3.18. The molecule has 1 unspecified atom stereocenters. The zero-order chi connectivity index (χ0) is 13.3. The Bertz CT molecular complexity index is 471. The quantitative estimate of drug-likeness (QED) is 0.880. The second-order valence-corrected chi connectivity index (χ2v) is 6.71. The van der Waals surface area contributed by atoms with E-state index in [4.69, 9.17) is 0 Å². The molecule has 2 heterocycles. The number of hydrogen-bond donors (Lipinski definition) is 1. The first kappa shape index (κ1) is 15.8. The predicted octanol–water partition coefficient (Wildman–Crippen LogP) is 2.63. The molecule has 0 aliphatic carbocycles. The average molecular weight is 360 g/mol. The lowest BCUT2D eigenvalue weighted by Crippen LogP contribution is -2.34. The van der Waals surface area contributed by atoms with Gasteiger partial charge in [0.15, 0.2) is 0 Å². The van der Waals surface area contributed by atoms with Gasteiger partial charge in [-0.3, -0.25) is 4.79 Å². The normalized spacial score (nSPS) is 24.9. The Balaban J connectivity index is 0.00000147. The Morgan fingerprint density at radius 1 is 1.30 bits per heavy atom. The van der Waals surface area contributed by atoms with Gasteiger partial charge in [-0.05, 0) is 37.1 Å². The van der Waals surface area contributed by atoms with Gasteiger partial charge in [0, 0.05) is 29.5 Å². The minimum Gasteiger partial charge on any atom is -0.342 e. The Hall–Kier alpha value is -0.580. The standard InChI is InChI=1S/C15H19BrN2O.ClH/c16-13-3-1-12(2-4-13)9-14(19)18-8-6-15(11-18)5-7-17-10-15;/h1-4,17H,5-11H2;1H. The maximum Gasteiger partial charge on any atom is 0.227 e. The van der Waals surface area contributed by atoms with E-state index >= 15 is 0 Å². The van der Waals surface area contributed by atoms with Crippen molar-refractivity contribution in [1.82, 2.24) is 10.2 Å². The van der Waals surface area contributed by atoms with Crippen molar-refractivity contribution in [3.05, 3.63) is 34.3 Å². The predicted molar refractivity (Wildman–Crippen MR) is 86.2 cm³/mol. The molecule has 2 aliphatic heterocycles. The van der Waals surface area contributed by atoms with E-state index < -0.39 is 0 Å². The van der Waals surface area contributed by atoms with Crippen LogP contribution >= 0.6 is 28.3 Å². The summed E-state index contributed by atoms with van der Waals surface area (Å²) in [5, 5.41) is 3.43. The smallest absolute Gasteiger partial charge is 0.227 e. The van der Waals surface area contributed by atoms with Crippen LogP contribution in [0.3, 0.4) is 0 Å². The van der Waals surface area contributed by atoms with Gasteiger partial charge in [-0.25, -0.2) is 0 Å². The van der Waals surface area contributed by atoms with Gasteiger partial charge >= 0.3 is 0 Å². The number of amides is 1. The van der Waals surface area contributed by atoms with E-state index in [2.05, 4.69) is 26.1 Å². The summed E-state index contributed by atoms with van der Waals surface area (Å²) >= 11 is 3.42. The van der Waals surface area contributed by atoms with Crippen molar-refractivity contribution < 1.29 is 4.79 Å². The largest absolute Gasteiger partial charge is 0.342 e. The molecule has 5 heteroatoms. The van der Waals surface area contributed by atoms with E-state index in [9.17, 15) is 4.79 Å². The lowest BCUT2D eigenvalue weighted by Gasteiger charge is -2.22. The van der Waals surface area contributed by atoms with Gasteiger partial charge in [0.1, 0.15) is 0 Å². The molecule has 2 saturated heterocycles. The topological polar surface area (TPSA) is 32.3 Å². The zero-order valence-corrected chi connectivity index (χ0v) is 13.8. The van der Waals surface area contributed by atoms with Crippen LogP contribution in [-0.4, -0.2) is 37.0 Å². The minimum absolute atomic E-state index is 0. The molecular formula is C15H20BrClN2O. The highest BCUT2D eigenvalue weighted by Crippen LogP contribution is 2.36. The summed E-state index contributed by atoms with van der Waals surface area (Å²) in [6.07, 6.45) is 2.90. The molecule has 0 radical (unpaired) electrons. The van der Waals surface area contributed by atoms with E-state index in [1.165, 1.54) is 6.42 Å². The minimum atomic E-state index is 0. The van der Waals surface area contributed by atoms with Crippen molar-refractivity contribution in [1.29, 1.82) is 0 Å². The number of hydrogen-bond acceptors (Lipinski definition) is 2. The van der Waals surface area contributed by atoms with Gasteiger partial charge in [-0.2, -0.15) is 0 Å². The molecule has 1 aromatic rings. The molecule has 3 nitrogen and oxygen atoms in total. The molecule has 2 aliphatic rings. The number of carbonyl (C=O) groups excluding carboxylic acids is 1. The third kappa shape index (κ3) is 3.35. The average Bonchev–Trinajstić information content (AvgIpc) is 3.03. The van der Waals surface area contributed by atoms with Crippen LogP contribution in [0.2, 0.25) is 0 Å². The van der Waals surface area contributed by atoms with Gasteiger partial charge in [-0.1, -0.05) is 28.1 Å². The van der Waals surface area contributed by atoms with Gasteiger partial charge in [0.05, 0.1) is 6.42 Å². The van der Waals surface area contributed by atoms with E-state index in [0.717, 1.165) is 42.6 Å². The molecule has 20 heavy (non-hydrogen) atoms. The number of nitrogens with zero attached hydrogens (tertiary/aromatic N) is 1. The molecule has 0 saturated carbocycles. The third-order valence-electron chi connectivity index (χ3n) is 4.39. The highest BCUT2D eigenvalue weighted by atomic mass is 79.9. The van der Waals surface area contributed by atoms with Gasteiger partial charge in [0.25, 0.3) is 0 Å². The molecule has 0 bridgehead atoms. The fraction of sp³-hybridized carbons (Fsp3) is 0.533. The van der Waals surface area contributed by atoms with E-state index in [0.29, 0.717) is 11.8 Å². The number of rotatable bonds is 2. The van der Waals surface area contributed by atoms with Gasteiger partial charge in [0.2, 0.25) is 5.91 Å². The van der Waals surface area contributed by atoms with Crippen molar-refractivity contribution in [2.24, 2.45) is 5.41 Å². The first-order valence-electron chi connectivity index (χ1n) is 6.90. The Morgan fingerprint density at radius 3 is 2.70 bits per heavy atom. The SMILES string of the molecule is Cl.O=C(Cc1ccc(Br)cc1)N1CCC2(CCNC2)C1. The molecule has 1 atom stereocenters. The summed E-state index contributed by atoms with van der Waals surface area (Å²) in [5.74, 6) is 0.270. The van der Waals surface area contributed by atoms with Crippen LogP contribution in [-0.2, 0) is 11.2 Å². The summed E-state index contributed by atoms with van der Waals surface area (Å²) in [5.41, 5.74) is 1.47. The number of likely N-dealkylation sites (tertiary alicyclic amines) is 1. The van der Waals surface area contributed by atoms with Crippen molar-refractivity contribution >= 4 is 34.2 Å². The molecule has 0 aromatic heterocycles. The van der Waals surface area contributed by atoms with Crippen LogP contribution in [0, 0.1) is 5.41 Å². The highest BCUT2D eigenvalue weighted by Gasteiger charge is 2.41. The molecule has 1 N–H and O–H groups in total. The number of benzene rings is 1. The van der Waals surface area contributed by atoms with Gasteiger partial charge < -0.3 is 10.2 Å². The number of carbonyl (C=O) groups is 1. The van der Waals surface area contributed by atoms with Crippen LogP contribution < -0.4 is 5.32 Å². The zero-order valence-electron chi connectivity index (χ0n) is 11.4. The summed E-state index contributed by atoms with van der Waals surface area (Å²) in [6, 6.07) is 8.03. The molecule has 1 aromatic carbocycles. The van der Waals surface area contributed by atoms with Crippen molar-refractivity contribution in [3.63, 3.8) is 0 Å². The Morgan fingerprint density at radius 2 is 2.05 bits per heavy atom. The van der Waals surface area contributed by atoms with E-state index in [1.807, 2.05) is 24.3 Å². The highest BCUT2D eigenvalue weighted by molar-refractivity contribution is 9.10. The molecule has 110 valence electrons. The van der Waals surface area contributed by atoms with Crippen LogP contribution in [0.25, 0.3) is 0 Å². The Labute approximate surface area is 134 Å². The van der Waals surface area contributed by atoms with Crippen molar-refractivity contribution in [3.8, 4) is 0 Å². The van der Waals surface area contributed by atoms with Crippen LogP contribution in [0.1, 0.15) is 18.4 Å². The summed E-state index contributed by atoms with van der Waals surface area (Å²) < 4.78 is 1.06. The van der Waals surface area contributed by atoms with Gasteiger partial charge in [-0.15, -0.1) is 12.4 Å². The first-order valence-corrected chi connectivity index (χ1v) is 7.69. The lowest BCUT2D eigenvalue weighted by molar-refractivity contribution is -0.129. The summed E-state index contributed by atoms with van der Waals surface area (Å²) in [7, 11) is 0. The maximum absolute atomic E-state index is 12.3. The molecule has 3 rings (SSSR count). The van der Waals surface area contributed by atoms with Crippen molar-refractivity contribution in [2.45, 2.75) is 19.3 Å². The number of nitrogens with one attached hydrogen (secondary N) is 1. The monoisotopic (exact) mass is 358 g/mol. The third-order valence-corrected chi connectivity index (χ3v) is 4.92. The fourth-order valence-corrected chi connectivity index (χ4v) is 3.44. The van der Waals surface area contributed by atoms with E-state index in [-0.39, 0.29) is 18.3 Å². The lowest BCUT2D eigenvalue weighted by atomic mass is 9.86. The first-order chi connectivity index (χ1) is 9.17. The number of halogens is 2. The maximum atomic E-state index is 12.3. The Kier molecular flexibility index (Phi) is 5.10. The summed E-state index contributed by atoms with van der Waals surface area (Å²) in [4.78, 5) is 14.4. The molecule has 1 amide bonds. The molecule has 2 fully saturated rings. The molecule has 1 spiro atoms. The van der Waals surface area contributed by atoms with Crippen LogP contribution in [0.5, 0.6) is 0 Å². The van der Waals surface area contributed by atoms with Crippen LogP contribution in [0.15, 0.2) is 28.7 Å². The van der Waals surface area contributed by atoms with Crippen LogP contribution in [0.4, 0.5) is 0 Å². The second kappa shape index (κ2) is 6.46. The summed E-state index contributed by atoms with van der Waals surface area (Å²) in [6.45, 7) is 4.05. The molecular weight excluding hydrogens is 340 g/mol. The van der Waals surface area contributed by atoms with E-state index in [1.54, 1.807) is 0 Å².